The van der Waals surface area contributed by atoms with Gasteiger partial charge in [-0.05, 0) is 44.7 Å². The molecule has 6 aromatic carbocycles. The summed E-state index contributed by atoms with van der Waals surface area (Å²) < 4.78 is 28.8. The van der Waals surface area contributed by atoms with E-state index in [1.165, 1.54) is 0 Å². The Labute approximate surface area is 341 Å². The summed E-state index contributed by atoms with van der Waals surface area (Å²) in [6.07, 6.45) is -1.55. The first-order valence-electron chi connectivity index (χ1n) is 20.2. The van der Waals surface area contributed by atoms with Gasteiger partial charge in [-0.25, -0.2) is 0 Å². The summed E-state index contributed by atoms with van der Waals surface area (Å²) in [6.45, 7) is 7.50. The molecular formula is C52H50O6. The molecule has 6 heteroatoms. The zero-order valence-electron chi connectivity index (χ0n) is 33.5. The number of fused-ring (bicyclic) bond motifs is 1. The van der Waals surface area contributed by atoms with Gasteiger partial charge in [0.05, 0.1) is 11.3 Å². The number of carbonyl (C=O) groups excluding carboxylic acids is 2. The van der Waals surface area contributed by atoms with E-state index in [-0.39, 0.29) is 12.3 Å². The van der Waals surface area contributed by atoms with E-state index in [9.17, 15) is 0 Å². The second kappa shape index (κ2) is 15.8. The lowest BCUT2D eigenvalue weighted by atomic mass is 9.70. The van der Waals surface area contributed by atoms with Gasteiger partial charge in [0, 0.05) is 28.2 Å². The van der Waals surface area contributed by atoms with Crippen LogP contribution in [0.5, 0.6) is 0 Å². The van der Waals surface area contributed by atoms with E-state index in [1.807, 2.05) is 185 Å². The first kappa shape index (κ1) is 39.0. The molecule has 0 bridgehead atoms. The topological polar surface area (TPSA) is 71.1 Å². The maximum Gasteiger partial charge on any atom is 0.313 e. The lowest BCUT2D eigenvalue weighted by molar-refractivity contribution is -0.197. The van der Waals surface area contributed by atoms with Gasteiger partial charge in [-0.3, -0.25) is 9.59 Å². The van der Waals surface area contributed by atoms with Gasteiger partial charge in [-0.15, -0.1) is 0 Å². The monoisotopic (exact) mass is 770 g/mol. The highest BCUT2D eigenvalue weighted by Crippen LogP contribution is 2.55. The molecule has 2 aliphatic heterocycles. The van der Waals surface area contributed by atoms with E-state index in [0.717, 1.165) is 11.1 Å². The highest BCUT2D eigenvalue weighted by molar-refractivity contribution is 5.80. The Morgan fingerprint density at radius 1 is 0.500 bits per heavy atom. The first-order valence-corrected chi connectivity index (χ1v) is 20.2. The third-order valence-corrected chi connectivity index (χ3v) is 11.9. The Kier molecular flexibility index (Phi) is 10.7. The molecule has 2 heterocycles. The molecule has 0 spiro atoms. The summed E-state index contributed by atoms with van der Waals surface area (Å²) in [5.41, 5.74) is 0.574. The number of ether oxygens (including phenoxy) is 4. The second-order valence-corrected chi connectivity index (χ2v) is 16.5. The summed E-state index contributed by atoms with van der Waals surface area (Å²) in [6, 6.07) is 59.5. The molecule has 0 N–H and O–H groups in total. The van der Waals surface area contributed by atoms with Gasteiger partial charge in [0.15, 0.2) is 17.0 Å². The third kappa shape index (κ3) is 7.16. The Hall–Kier alpha value is -5.82. The quantitative estimate of drug-likeness (QED) is 0.144. The molecule has 6 aromatic rings. The molecule has 8 rings (SSSR count). The maximum absolute atomic E-state index is 15.9. The van der Waals surface area contributed by atoms with Gasteiger partial charge < -0.3 is 18.9 Å². The highest BCUT2D eigenvalue weighted by atomic mass is 16.8. The minimum Gasteiger partial charge on any atom is -0.446 e. The predicted octanol–water partition coefficient (Wildman–Crippen LogP) is 10.7. The average molecular weight is 771 g/mol. The molecule has 4 atom stereocenters. The molecule has 2 saturated heterocycles. The molecule has 0 amide bonds. The largest absolute Gasteiger partial charge is 0.446 e. The SMILES string of the molecule is C[C@H]1C[C@](C)(CC(c2ccccc2)c2ccccc2)C(=O)OC(c2ccccc2)(c2ccccc2)[C@@H]2OC(C)(C)O[C@H]2C(c2ccccc2)(c2ccccc2)OC1=O. The van der Waals surface area contributed by atoms with Crippen molar-refractivity contribution in [2.45, 2.75) is 75.7 Å². The van der Waals surface area contributed by atoms with Crippen molar-refractivity contribution >= 4 is 11.9 Å². The Morgan fingerprint density at radius 3 is 1.19 bits per heavy atom. The molecule has 0 unspecified atom stereocenters. The van der Waals surface area contributed by atoms with Crippen molar-refractivity contribution in [1.29, 1.82) is 0 Å². The third-order valence-electron chi connectivity index (χ3n) is 11.9. The van der Waals surface area contributed by atoms with Crippen molar-refractivity contribution < 1.29 is 28.5 Å². The summed E-state index contributed by atoms with van der Waals surface area (Å²) in [5.74, 6) is -3.03. The van der Waals surface area contributed by atoms with Crippen molar-refractivity contribution in [1.82, 2.24) is 0 Å². The summed E-state index contributed by atoms with van der Waals surface area (Å²) in [7, 11) is 0. The van der Waals surface area contributed by atoms with Crippen LogP contribution in [-0.2, 0) is 39.7 Å². The average Bonchev–Trinajstić information content (AvgIpc) is 3.60. The van der Waals surface area contributed by atoms with Crippen LogP contribution >= 0.6 is 0 Å². The number of benzene rings is 6. The minimum absolute atomic E-state index is 0.155. The van der Waals surface area contributed by atoms with Gasteiger partial charge in [-0.1, -0.05) is 189 Å². The Bertz CT molecular complexity index is 2180. The lowest BCUT2D eigenvalue weighted by Crippen LogP contribution is -2.58. The molecular weight excluding hydrogens is 721 g/mol. The van der Waals surface area contributed by atoms with E-state index in [4.69, 9.17) is 18.9 Å². The zero-order valence-corrected chi connectivity index (χ0v) is 33.5. The van der Waals surface area contributed by atoms with Crippen LogP contribution in [-0.4, -0.2) is 29.9 Å². The molecule has 0 aliphatic carbocycles. The van der Waals surface area contributed by atoms with Crippen molar-refractivity contribution in [3.63, 3.8) is 0 Å². The van der Waals surface area contributed by atoms with Gasteiger partial charge in [-0.2, -0.15) is 0 Å². The van der Waals surface area contributed by atoms with Crippen molar-refractivity contribution in [2.75, 3.05) is 0 Å². The van der Waals surface area contributed by atoms with E-state index in [0.29, 0.717) is 28.7 Å². The fourth-order valence-electron chi connectivity index (χ4n) is 9.23. The molecule has 0 saturated carbocycles. The van der Waals surface area contributed by atoms with Crippen LogP contribution < -0.4 is 0 Å². The van der Waals surface area contributed by atoms with Crippen molar-refractivity contribution in [2.24, 2.45) is 11.3 Å². The Balaban J connectivity index is 1.43. The van der Waals surface area contributed by atoms with Gasteiger partial charge in [0.25, 0.3) is 0 Å². The van der Waals surface area contributed by atoms with Crippen LogP contribution in [0.1, 0.15) is 79.8 Å². The highest BCUT2D eigenvalue weighted by Gasteiger charge is 2.66. The number of carbonyl (C=O) groups is 2. The summed E-state index contributed by atoms with van der Waals surface area (Å²) in [4.78, 5) is 31.0. The lowest BCUT2D eigenvalue weighted by Gasteiger charge is -2.46. The Morgan fingerprint density at radius 2 is 0.828 bits per heavy atom. The van der Waals surface area contributed by atoms with Crippen LogP contribution in [0, 0.1) is 11.3 Å². The minimum atomic E-state index is -1.59. The smallest absolute Gasteiger partial charge is 0.313 e. The second-order valence-electron chi connectivity index (χ2n) is 16.5. The molecule has 2 fully saturated rings. The number of hydrogen-bond donors (Lipinski definition) is 0. The van der Waals surface area contributed by atoms with E-state index >= 15 is 9.59 Å². The number of esters is 2. The molecule has 0 radical (unpaired) electrons. The van der Waals surface area contributed by atoms with Crippen molar-refractivity contribution in [3.8, 4) is 0 Å². The van der Waals surface area contributed by atoms with E-state index in [1.54, 1.807) is 0 Å². The standard InChI is InChI=1S/C52H50O6/c1-37-35-50(4,36-44(38-23-11-5-12-24-38)39-25-13-6-14-26-39)48(54)58-52(42-31-19-9-20-32-42,43-33-21-10-22-34-43)46-45(55-49(2,3)56-46)51(57-47(37)53,40-27-15-7-16-28-40)41-29-17-8-18-30-41/h5-34,37,44-46H,35-36H2,1-4H3/t37-,45+,46+,50+/m0/s1. The van der Waals surface area contributed by atoms with Crippen LogP contribution in [0.4, 0.5) is 0 Å². The van der Waals surface area contributed by atoms with E-state index < -0.39 is 52.5 Å². The van der Waals surface area contributed by atoms with Crippen LogP contribution in [0.2, 0.25) is 0 Å². The fraction of sp³-hybridized carbons (Fsp3) is 0.269. The van der Waals surface area contributed by atoms with E-state index in [2.05, 4.69) is 24.3 Å². The first-order chi connectivity index (χ1) is 28.1. The van der Waals surface area contributed by atoms with Crippen LogP contribution in [0.3, 0.4) is 0 Å². The van der Waals surface area contributed by atoms with Gasteiger partial charge in [0.1, 0.15) is 12.2 Å². The molecule has 294 valence electrons. The number of hydrogen-bond acceptors (Lipinski definition) is 6. The summed E-state index contributed by atoms with van der Waals surface area (Å²) in [5, 5.41) is 0. The van der Waals surface area contributed by atoms with Crippen LogP contribution in [0.25, 0.3) is 0 Å². The van der Waals surface area contributed by atoms with Gasteiger partial charge >= 0.3 is 11.9 Å². The van der Waals surface area contributed by atoms with Gasteiger partial charge in [0.2, 0.25) is 0 Å². The van der Waals surface area contributed by atoms with Crippen molar-refractivity contribution in [3.05, 3.63) is 215 Å². The zero-order chi connectivity index (χ0) is 40.4. The number of cyclic esters (lactones) is 2. The van der Waals surface area contributed by atoms with Crippen LogP contribution in [0.15, 0.2) is 182 Å². The number of rotatable bonds is 8. The molecule has 6 nitrogen and oxygen atoms in total. The normalized spacial score (nSPS) is 23.8. The molecule has 58 heavy (non-hydrogen) atoms. The molecule has 0 aromatic heterocycles. The molecule has 2 aliphatic rings. The fourth-order valence-corrected chi connectivity index (χ4v) is 9.23. The maximum atomic E-state index is 15.9. The predicted molar refractivity (Wildman–Crippen MR) is 225 cm³/mol. The summed E-state index contributed by atoms with van der Waals surface area (Å²) >= 11 is 0.